The maximum atomic E-state index is 13.0. The van der Waals surface area contributed by atoms with Gasteiger partial charge in [-0.1, -0.05) is 0 Å². The van der Waals surface area contributed by atoms with E-state index < -0.39 is 0 Å². The standard InChI is InChI=1S/C13H16FNO2/c14-11-3-4-12-10(6-11)8-16-13(17-12)9-2-1-5-15-7-9/h3-4,6,9,13,15H,1-2,5,7-8H2. The second-order valence-corrected chi connectivity index (χ2v) is 4.66. The van der Waals surface area contributed by atoms with Gasteiger partial charge in [-0.05, 0) is 37.6 Å². The molecule has 4 heteroatoms. The molecule has 2 unspecified atom stereocenters. The van der Waals surface area contributed by atoms with Crippen LogP contribution in [0.25, 0.3) is 0 Å². The van der Waals surface area contributed by atoms with Crippen LogP contribution in [0.4, 0.5) is 4.39 Å². The van der Waals surface area contributed by atoms with E-state index in [0.29, 0.717) is 12.5 Å². The normalized spacial score (nSPS) is 28.3. The van der Waals surface area contributed by atoms with Crippen molar-refractivity contribution in [1.29, 1.82) is 0 Å². The third kappa shape index (κ3) is 2.28. The largest absolute Gasteiger partial charge is 0.464 e. The molecular formula is C13H16FNO2. The molecule has 0 amide bonds. The lowest BCUT2D eigenvalue weighted by molar-refractivity contribution is -0.143. The van der Waals surface area contributed by atoms with Crippen LogP contribution in [0.15, 0.2) is 18.2 Å². The highest BCUT2D eigenvalue weighted by molar-refractivity contribution is 5.34. The lowest BCUT2D eigenvalue weighted by Crippen LogP contribution is -2.42. The van der Waals surface area contributed by atoms with Gasteiger partial charge in [0.15, 0.2) is 0 Å². The van der Waals surface area contributed by atoms with Crippen LogP contribution in [0.1, 0.15) is 18.4 Å². The maximum Gasteiger partial charge on any atom is 0.204 e. The summed E-state index contributed by atoms with van der Waals surface area (Å²) in [7, 11) is 0. The van der Waals surface area contributed by atoms with Gasteiger partial charge in [0.2, 0.25) is 6.29 Å². The Hall–Kier alpha value is -1.13. The Morgan fingerprint density at radius 1 is 1.35 bits per heavy atom. The summed E-state index contributed by atoms with van der Waals surface area (Å²) in [5.74, 6) is 0.906. The zero-order valence-corrected chi connectivity index (χ0v) is 9.62. The molecule has 0 radical (unpaired) electrons. The number of hydrogen-bond donors (Lipinski definition) is 1. The minimum Gasteiger partial charge on any atom is -0.464 e. The third-order valence-electron chi connectivity index (χ3n) is 3.39. The lowest BCUT2D eigenvalue weighted by atomic mass is 9.98. The molecule has 2 heterocycles. The van der Waals surface area contributed by atoms with E-state index in [4.69, 9.17) is 9.47 Å². The first-order valence-corrected chi connectivity index (χ1v) is 6.10. The summed E-state index contributed by atoms with van der Waals surface area (Å²) in [4.78, 5) is 0. The summed E-state index contributed by atoms with van der Waals surface area (Å²) < 4.78 is 24.5. The number of fused-ring (bicyclic) bond motifs is 1. The first kappa shape index (κ1) is 11.0. The van der Waals surface area contributed by atoms with E-state index in [9.17, 15) is 4.39 Å². The molecule has 1 fully saturated rings. The molecule has 2 aliphatic heterocycles. The molecule has 1 aromatic rings. The van der Waals surface area contributed by atoms with Crippen molar-refractivity contribution in [3.05, 3.63) is 29.6 Å². The fourth-order valence-electron chi connectivity index (χ4n) is 2.45. The van der Waals surface area contributed by atoms with Crippen LogP contribution in [0.5, 0.6) is 5.75 Å². The van der Waals surface area contributed by atoms with Gasteiger partial charge in [-0.2, -0.15) is 0 Å². The predicted octanol–water partition coefficient (Wildman–Crippen LogP) is 2.06. The fourth-order valence-corrected chi connectivity index (χ4v) is 2.45. The molecule has 0 saturated carbocycles. The molecule has 3 rings (SSSR count). The molecule has 3 nitrogen and oxygen atoms in total. The number of rotatable bonds is 1. The minimum absolute atomic E-state index is 0.194. The van der Waals surface area contributed by atoms with Gasteiger partial charge in [0.1, 0.15) is 11.6 Å². The summed E-state index contributed by atoms with van der Waals surface area (Å²) in [6, 6.07) is 4.60. The molecule has 17 heavy (non-hydrogen) atoms. The van der Waals surface area contributed by atoms with Crippen molar-refractivity contribution in [1.82, 2.24) is 5.32 Å². The molecule has 2 aliphatic rings. The van der Waals surface area contributed by atoms with Crippen molar-refractivity contribution < 1.29 is 13.9 Å². The number of benzene rings is 1. The molecule has 0 spiro atoms. The van der Waals surface area contributed by atoms with Gasteiger partial charge < -0.3 is 14.8 Å². The fraction of sp³-hybridized carbons (Fsp3) is 0.538. The molecule has 0 bridgehead atoms. The first-order chi connectivity index (χ1) is 8.33. The van der Waals surface area contributed by atoms with Gasteiger partial charge in [0, 0.05) is 18.0 Å². The number of hydrogen-bond acceptors (Lipinski definition) is 3. The topological polar surface area (TPSA) is 30.5 Å². The van der Waals surface area contributed by atoms with E-state index in [2.05, 4.69) is 5.32 Å². The molecule has 1 N–H and O–H groups in total. The van der Waals surface area contributed by atoms with Gasteiger partial charge in [0.25, 0.3) is 0 Å². The van der Waals surface area contributed by atoms with Crippen LogP contribution in [-0.2, 0) is 11.3 Å². The quantitative estimate of drug-likeness (QED) is 0.811. The lowest BCUT2D eigenvalue weighted by Gasteiger charge is -2.34. The van der Waals surface area contributed by atoms with Crippen molar-refractivity contribution in [3.8, 4) is 5.75 Å². The molecule has 2 atom stereocenters. The van der Waals surface area contributed by atoms with E-state index in [1.807, 2.05) is 0 Å². The Morgan fingerprint density at radius 2 is 2.29 bits per heavy atom. The zero-order chi connectivity index (χ0) is 11.7. The number of piperidine rings is 1. The average molecular weight is 237 g/mol. The number of halogens is 1. The van der Waals surface area contributed by atoms with Crippen LogP contribution >= 0.6 is 0 Å². The van der Waals surface area contributed by atoms with Crippen LogP contribution in [0.3, 0.4) is 0 Å². The Labute approximate surface area is 99.9 Å². The average Bonchev–Trinajstić information content (AvgIpc) is 2.39. The van der Waals surface area contributed by atoms with E-state index in [1.165, 1.54) is 12.1 Å². The van der Waals surface area contributed by atoms with Gasteiger partial charge in [0.05, 0.1) is 6.61 Å². The van der Waals surface area contributed by atoms with Crippen LogP contribution in [-0.4, -0.2) is 19.4 Å². The second-order valence-electron chi connectivity index (χ2n) is 4.66. The summed E-state index contributed by atoms with van der Waals surface area (Å²) in [5.41, 5.74) is 0.796. The van der Waals surface area contributed by atoms with E-state index in [1.54, 1.807) is 6.07 Å². The Bertz CT molecular complexity index is 404. The van der Waals surface area contributed by atoms with Gasteiger partial charge in [-0.15, -0.1) is 0 Å². The highest BCUT2D eigenvalue weighted by Gasteiger charge is 2.29. The van der Waals surface area contributed by atoms with Crippen molar-refractivity contribution in [2.24, 2.45) is 5.92 Å². The van der Waals surface area contributed by atoms with Crippen molar-refractivity contribution in [2.45, 2.75) is 25.7 Å². The Morgan fingerprint density at radius 3 is 3.12 bits per heavy atom. The van der Waals surface area contributed by atoms with Gasteiger partial charge in [-0.25, -0.2) is 4.39 Å². The molecule has 0 aliphatic carbocycles. The van der Waals surface area contributed by atoms with Crippen molar-refractivity contribution >= 4 is 0 Å². The number of nitrogens with one attached hydrogen (secondary N) is 1. The molecule has 1 saturated heterocycles. The zero-order valence-electron chi connectivity index (χ0n) is 9.62. The van der Waals surface area contributed by atoms with E-state index in [-0.39, 0.29) is 12.1 Å². The van der Waals surface area contributed by atoms with Gasteiger partial charge >= 0.3 is 0 Å². The summed E-state index contributed by atoms with van der Waals surface area (Å²) in [6.45, 7) is 2.44. The number of ether oxygens (including phenoxy) is 2. The molecule has 1 aromatic carbocycles. The third-order valence-corrected chi connectivity index (χ3v) is 3.39. The molecule has 92 valence electrons. The molecular weight excluding hydrogens is 221 g/mol. The van der Waals surface area contributed by atoms with E-state index in [0.717, 1.165) is 37.2 Å². The summed E-state index contributed by atoms with van der Waals surface area (Å²) in [5, 5.41) is 3.35. The van der Waals surface area contributed by atoms with Crippen LogP contribution < -0.4 is 10.1 Å². The SMILES string of the molecule is Fc1ccc2c(c1)COC(C1CCCNC1)O2. The molecule has 0 aromatic heterocycles. The van der Waals surface area contributed by atoms with E-state index >= 15 is 0 Å². The van der Waals surface area contributed by atoms with Crippen LogP contribution in [0.2, 0.25) is 0 Å². The summed E-state index contributed by atoms with van der Waals surface area (Å²) >= 11 is 0. The predicted molar refractivity (Wildman–Crippen MR) is 61.2 cm³/mol. The highest BCUT2D eigenvalue weighted by atomic mass is 19.1. The monoisotopic (exact) mass is 237 g/mol. The first-order valence-electron chi connectivity index (χ1n) is 6.10. The highest BCUT2D eigenvalue weighted by Crippen LogP contribution is 2.30. The minimum atomic E-state index is -0.242. The van der Waals surface area contributed by atoms with Crippen molar-refractivity contribution in [3.63, 3.8) is 0 Å². The second kappa shape index (κ2) is 4.63. The van der Waals surface area contributed by atoms with Crippen molar-refractivity contribution in [2.75, 3.05) is 13.1 Å². The van der Waals surface area contributed by atoms with Crippen LogP contribution in [0, 0.1) is 11.7 Å². The maximum absolute atomic E-state index is 13.0. The smallest absolute Gasteiger partial charge is 0.204 e. The Kier molecular flexibility index (Phi) is 2.99. The van der Waals surface area contributed by atoms with Gasteiger partial charge in [-0.3, -0.25) is 0 Å². The Balaban J connectivity index is 1.73. The summed E-state index contributed by atoms with van der Waals surface area (Å²) in [6.07, 6.45) is 2.08.